The molecule has 0 unspecified atom stereocenters. The summed E-state index contributed by atoms with van der Waals surface area (Å²) in [4.78, 5) is 4.91. The van der Waals surface area contributed by atoms with Crippen LogP contribution in [-0.4, -0.2) is 20.0 Å². The zero-order valence-corrected chi connectivity index (χ0v) is 16.9. The Morgan fingerprint density at radius 1 is 1.08 bits per heavy atom. The highest BCUT2D eigenvalue weighted by atomic mass is 32.1. The van der Waals surface area contributed by atoms with E-state index in [1.54, 1.807) is 0 Å². The molecule has 134 valence electrons. The minimum Gasteiger partial charge on any atom is -0.212 e. The first-order valence-corrected chi connectivity index (χ1v) is 9.63. The molecule has 1 aliphatic heterocycles. The molecule has 2 bridgehead atoms. The fraction of sp³-hybridized carbons (Fsp3) is 0.364. The van der Waals surface area contributed by atoms with Gasteiger partial charge in [-0.05, 0) is 37.5 Å². The predicted molar refractivity (Wildman–Crippen MR) is 111 cm³/mol. The number of thiol groups is 1. The molecule has 4 rings (SSSR count). The van der Waals surface area contributed by atoms with Crippen LogP contribution in [0.15, 0.2) is 36.4 Å². The summed E-state index contributed by atoms with van der Waals surface area (Å²) in [5, 5.41) is 5.06. The zero-order valence-electron chi connectivity index (χ0n) is 16.0. The van der Waals surface area contributed by atoms with Crippen LogP contribution in [0.3, 0.4) is 0 Å². The number of aromatic nitrogens is 3. The first-order chi connectivity index (χ1) is 12.3. The van der Waals surface area contributed by atoms with Gasteiger partial charge in [0.15, 0.2) is 11.6 Å². The topological polar surface area (TPSA) is 30.7 Å². The Morgan fingerprint density at radius 2 is 1.73 bits per heavy atom. The van der Waals surface area contributed by atoms with Crippen molar-refractivity contribution in [3.63, 3.8) is 0 Å². The van der Waals surface area contributed by atoms with Gasteiger partial charge in [0.05, 0.1) is 5.69 Å². The molecular weight excluding hydrogens is 338 g/mol. The molecule has 0 spiro atoms. The molecule has 3 aromatic rings. The van der Waals surface area contributed by atoms with Crippen LogP contribution in [0, 0.1) is 20.8 Å². The average Bonchev–Trinajstić information content (AvgIpc) is 2.97. The van der Waals surface area contributed by atoms with Crippen molar-refractivity contribution in [3.05, 3.63) is 64.5 Å². The Kier molecular flexibility index (Phi) is 3.99. The minimum absolute atomic E-state index is 0.0605. The smallest absolute Gasteiger partial charge is 0.163 e. The lowest BCUT2D eigenvalue weighted by atomic mass is 9.77. The zero-order chi connectivity index (χ0) is 18.6. The molecule has 3 nitrogen and oxygen atoms in total. The lowest BCUT2D eigenvalue weighted by Crippen LogP contribution is -2.33. The van der Waals surface area contributed by atoms with Gasteiger partial charge >= 0.3 is 0 Å². The molecule has 2 heterocycles. The molecule has 2 aromatic carbocycles. The van der Waals surface area contributed by atoms with Crippen LogP contribution in [0.5, 0.6) is 0 Å². The normalized spacial score (nSPS) is 18.2. The molecule has 4 heteroatoms. The lowest BCUT2D eigenvalue weighted by Gasteiger charge is -2.33. The van der Waals surface area contributed by atoms with Crippen LogP contribution in [0.1, 0.15) is 41.9 Å². The van der Waals surface area contributed by atoms with Crippen molar-refractivity contribution in [2.24, 2.45) is 0 Å². The third kappa shape index (κ3) is 2.59. The number of hydrogen-bond acceptors (Lipinski definition) is 3. The van der Waals surface area contributed by atoms with Gasteiger partial charge in [-0.2, -0.15) is 17.7 Å². The summed E-state index contributed by atoms with van der Waals surface area (Å²) in [5.41, 5.74) is 7.21. The summed E-state index contributed by atoms with van der Waals surface area (Å²) < 4.78 is 2.04. The summed E-state index contributed by atoms with van der Waals surface area (Å²) in [5.74, 6) is 1.79. The molecule has 0 amide bonds. The molecule has 26 heavy (non-hydrogen) atoms. The van der Waals surface area contributed by atoms with E-state index in [1.807, 2.05) is 4.68 Å². The van der Waals surface area contributed by atoms with E-state index < -0.39 is 0 Å². The number of fused-ring (bicyclic) bond motifs is 4. The number of rotatable bonds is 1. The standard InChI is InChI=1S/C22H25N3S/c1-13-10-14(2)20(15(3)11-13)25-21-16-8-6-7-9-17(16)22(4,5)18(26)12-19(23-21)24-25/h6-11,18,26H,12H2,1-5H3/t18-/m1/s1. The first kappa shape index (κ1) is 17.3. The maximum atomic E-state index is 4.92. The average molecular weight is 364 g/mol. The van der Waals surface area contributed by atoms with E-state index in [0.29, 0.717) is 0 Å². The molecule has 1 aliphatic rings. The SMILES string of the molecule is Cc1cc(C)c(-n2nc3nc2-c2ccccc2C(C)(C)[C@H](S)C3)c(C)c1. The number of aryl methyl sites for hydroxylation is 3. The predicted octanol–water partition coefficient (Wildman–Crippen LogP) is 4.99. The van der Waals surface area contributed by atoms with Crippen molar-refractivity contribution in [1.29, 1.82) is 0 Å². The second-order valence-corrected chi connectivity index (χ2v) is 8.62. The van der Waals surface area contributed by atoms with Crippen LogP contribution >= 0.6 is 12.6 Å². The van der Waals surface area contributed by atoms with Gasteiger partial charge in [-0.3, -0.25) is 0 Å². The molecule has 0 radical (unpaired) electrons. The second kappa shape index (κ2) is 5.98. The fourth-order valence-corrected chi connectivity index (χ4v) is 4.43. The van der Waals surface area contributed by atoms with Gasteiger partial charge in [-0.15, -0.1) is 0 Å². The van der Waals surface area contributed by atoms with Crippen LogP contribution in [0.4, 0.5) is 0 Å². The Labute approximate surface area is 160 Å². The fourth-order valence-electron chi connectivity index (χ4n) is 4.13. The highest BCUT2D eigenvalue weighted by molar-refractivity contribution is 7.81. The van der Waals surface area contributed by atoms with Crippen LogP contribution in [0.2, 0.25) is 0 Å². The molecule has 0 saturated carbocycles. The second-order valence-electron chi connectivity index (χ2n) is 8.00. The van der Waals surface area contributed by atoms with Crippen LogP contribution < -0.4 is 0 Å². The Hall–Kier alpha value is -2.07. The highest BCUT2D eigenvalue weighted by Gasteiger charge is 2.35. The van der Waals surface area contributed by atoms with Gasteiger partial charge in [0, 0.05) is 22.6 Å². The summed E-state index contributed by atoms with van der Waals surface area (Å²) >= 11 is 4.92. The van der Waals surface area contributed by atoms with Gasteiger partial charge in [0.2, 0.25) is 0 Å². The van der Waals surface area contributed by atoms with E-state index in [9.17, 15) is 0 Å². The van der Waals surface area contributed by atoms with Crippen molar-refractivity contribution in [2.45, 2.75) is 51.7 Å². The lowest BCUT2D eigenvalue weighted by molar-refractivity contribution is 0.491. The quantitative estimate of drug-likeness (QED) is 0.617. The van der Waals surface area contributed by atoms with Crippen molar-refractivity contribution < 1.29 is 0 Å². The summed E-state index contributed by atoms with van der Waals surface area (Å²) in [7, 11) is 0. The summed E-state index contributed by atoms with van der Waals surface area (Å²) in [6.07, 6.45) is 0.758. The Balaban J connectivity index is 2.04. The largest absolute Gasteiger partial charge is 0.212 e. The van der Waals surface area contributed by atoms with E-state index in [0.717, 1.165) is 29.3 Å². The van der Waals surface area contributed by atoms with E-state index in [4.69, 9.17) is 22.7 Å². The van der Waals surface area contributed by atoms with Gasteiger partial charge in [-0.25, -0.2) is 9.67 Å². The third-order valence-corrected chi connectivity index (χ3v) is 6.40. The van der Waals surface area contributed by atoms with Crippen LogP contribution in [0.25, 0.3) is 17.1 Å². The number of nitrogens with zero attached hydrogens (tertiary/aromatic N) is 3. The molecular formula is C22H25N3S. The van der Waals surface area contributed by atoms with Gasteiger partial charge in [0.25, 0.3) is 0 Å². The monoisotopic (exact) mass is 363 g/mol. The van der Waals surface area contributed by atoms with Gasteiger partial charge in [0.1, 0.15) is 0 Å². The van der Waals surface area contributed by atoms with Gasteiger partial charge in [-0.1, -0.05) is 55.8 Å². The summed E-state index contributed by atoms with van der Waals surface area (Å²) in [6, 6.07) is 13.0. The van der Waals surface area contributed by atoms with Crippen molar-refractivity contribution in [3.8, 4) is 17.1 Å². The molecule has 0 fully saturated rings. The van der Waals surface area contributed by atoms with E-state index >= 15 is 0 Å². The molecule has 1 atom stereocenters. The molecule has 0 aliphatic carbocycles. The third-order valence-electron chi connectivity index (χ3n) is 5.57. The maximum absolute atomic E-state index is 4.92. The highest BCUT2D eigenvalue weighted by Crippen LogP contribution is 2.40. The molecule has 0 saturated heterocycles. The summed E-state index contributed by atoms with van der Waals surface area (Å²) in [6.45, 7) is 11.0. The van der Waals surface area contributed by atoms with Crippen LogP contribution in [-0.2, 0) is 11.8 Å². The Bertz CT molecular complexity index is 977. The van der Waals surface area contributed by atoms with E-state index in [2.05, 4.69) is 71.0 Å². The Morgan fingerprint density at radius 3 is 2.42 bits per heavy atom. The first-order valence-electron chi connectivity index (χ1n) is 9.11. The molecule has 1 aromatic heterocycles. The minimum atomic E-state index is -0.0605. The van der Waals surface area contributed by atoms with E-state index in [1.165, 1.54) is 22.3 Å². The van der Waals surface area contributed by atoms with Crippen molar-refractivity contribution in [1.82, 2.24) is 14.8 Å². The van der Waals surface area contributed by atoms with E-state index in [-0.39, 0.29) is 10.7 Å². The van der Waals surface area contributed by atoms with Gasteiger partial charge < -0.3 is 0 Å². The maximum Gasteiger partial charge on any atom is 0.163 e. The number of benzene rings is 2. The molecule has 0 N–H and O–H groups in total. The van der Waals surface area contributed by atoms with Crippen molar-refractivity contribution in [2.75, 3.05) is 0 Å². The van der Waals surface area contributed by atoms with Crippen molar-refractivity contribution >= 4 is 12.6 Å². The number of hydrogen-bond donors (Lipinski definition) is 1.